The van der Waals surface area contributed by atoms with Gasteiger partial charge in [-0.2, -0.15) is 0 Å². The van der Waals surface area contributed by atoms with Crippen LogP contribution in [-0.4, -0.2) is 44.8 Å². The van der Waals surface area contributed by atoms with Crippen molar-refractivity contribution in [3.63, 3.8) is 0 Å². The Labute approximate surface area is 140 Å². The number of benzene rings is 1. The molecule has 2 aromatic heterocycles. The van der Waals surface area contributed by atoms with Gasteiger partial charge in [0, 0.05) is 37.8 Å². The van der Waals surface area contributed by atoms with Crippen LogP contribution in [0.1, 0.15) is 11.5 Å². The molecule has 2 N–H and O–H groups in total. The maximum Gasteiger partial charge on any atom is 0.350 e. The summed E-state index contributed by atoms with van der Waals surface area (Å²) in [5.74, 6) is 0.351. The van der Waals surface area contributed by atoms with Crippen molar-refractivity contribution < 1.29 is 0 Å². The standard InChI is InChI=1S/C18H21N5O/c19-16-13-21(12-15(16)14-6-2-1-3-7-14)10-11-23-18(24)22-9-5-4-8-17(22)20-23/h1-9,15-16H,10-13,19H2/t15-,16+/m0/s1. The Bertz CT molecular complexity index is 885. The molecule has 0 radical (unpaired) electrons. The lowest BCUT2D eigenvalue weighted by atomic mass is 9.95. The third-order valence-corrected chi connectivity index (χ3v) is 4.78. The Morgan fingerprint density at radius 3 is 2.62 bits per heavy atom. The Kier molecular flexibility index (Phi) is 3.92. The highest BCUT2D eigenvalue weighted by molar-refractivity contribution is 5.35. The highest BCUT2D eigenvalue weighted by Crippen LogP contribution is 2.25. The first-order valence-electron chi connectivity index (χ1n) is 8.29. The molecule has 3 aromatic rings. The molecule has 6 heteroatoms. The third kappa shape index (κ3) is 2.74. The summed E-state index contributed by atoms with van der Waals surface area (Å²) < 4.78 is 3.11. The first-order valence-corrected chi connectivity index (χ1v) is 8.29. The first-order chi connectivity index (χ1) is 11.7. The average molecular weight is 323 g/mol. The number of hydrogen-bond donors (Lipinski definition) is 1. The molecule has 0 bridgehead atoms. The van der Waals surface area contributed by atoms with Crippen molar-refractivity contribution in [1.82, 2.24) is 19.1 Å². The lowest BCUT2D eigenvalue weighted by molar-refractivity contribution is 0.307. The van der Waals surface area contributed by atoms with Crippen molar-refractivity contribution in [3.05, 3.63) is 70.8 Å². The van der Waals surface area contributed by atoms with E-state index in [4.69, 9.17) is 5.73 Å². The second-order valence-electron chi connectivity index (χ2n) is 6.38. The van der Waals surface area contributed by atoms with Crippen LogP contribution in [0, 0.1) is 0 Å². The van der Waals surface area contributed by atoms with Gasteiger partial charge in [-0.25, -0.2) is 9.48 Å². The molecule has 0 spiro atoms. The van der Waals surface area contributed by atoms with Gasteiger partial charge in [-0.05, 0) is 17.7 Å². The molecule has 0 saturated carbocycles. The summed E-state index contributed by atoms with van der Waals surface area (Å²) in [7, 11) is 0. The van der Waals surface area contributed by atoms with E-state index in [0.717, 1.165) is 19.6 Å². The largest absolute Gasteiger partial charge is 0.350 e. The van der Waals surface area contributed by atoms with E-state index < -0.39 is 0 Å². The lowest BCUT2D eigenvalue weighted by Gasteiger charge is -2.15. The highest BCUT2D eigenvalue weighted by atomic mass is 16.2. The topological polar surface area (TPSA) is 68.6 Å². The van der Waals surface area contributed by atoms with Crippen molar-refractivity contribution in [1.29, 1.82) is 0 Å². The number of nitrogens with zero attached hydrogens (tertiary/aromatic N) is 4. The third-order valence-electron chi connectivity index (χ3n) is 4.78. The molecular formula is C18H21N5O. The van der Waals surface area contributed by atoms with Crippen LogP contribution in [0.4, 0.5) is 0 Å². The molecule has 4 rings (SSSR count). The fourth-order valence-electron chi connectivity index (χ4n) is 3.50. The minimum absolute atomic E-state index is 0.0892. The summed E-state index contributed by atoms with van der Waals surface area (Å²) in [5, 5.41) is 4.38. The molecule has 1 aromatic carbocycles. The zero-order chi connectivity index (χ0) is 16.5. The van der Waals surface area contributed by atoms with Gasteiger partial charge in [0.25, 0.3) is 0 Å². The van der Waals surface area contributed by atoms with Gasteiger partial charge in [-0.1, -0.05) is 36.4 Å². The number of fused-ring (bicyclic) bond motifs is 1. The van der Waals surface area contributed by atoms with E-state index in [0.29, 0.717) is 18.1 Å². The second-order valence-corrected chi connectivity index (χ2v) is 6.38. The Balaban J connectivity index is 1.45. The van der Waals surface area contributed by atoms with Crippen LogP contribution in [0.15, 0.2) is 59.5 Å². The molecule has 1 saturated heterocycles. The predicted molar refractivity (Wildman–Crippen MR) is 93.1 cm³/mol. The fraction of sp³-hybridized carbons (Fsp3) is 0.333. The SMILES string of the molecule is N[C@@H]1CN(CCn2nc3ccccn3c2=O)C[C@H]1c1ccccc1. The van der Waals surface area contributed by atoms with E-state index in [9.17, 15) is 4.79 Å². The summed E-state index contributed by atoms with van der Waals surface area (Å²) in [6, 6.07) is 16.1. The number of likely N-dealkylation sites (tertiary alicyclic amines) is 1. The van der Waals surface area contributed by atoms with Crippen molar-refractivity contribution in [2.75, 3.05) is 19.6 Å². The van der Waals surface area contributed by atoms with Gasteiger partial charge in [0.1, 0.15) is 0 Å². The van der Waals surface area contributed by atoms with Crippen molar-refractivity contribution in [2.24, 2.45) is 5.73 Å². The number of hydrogen-bond acceptors (Lipinski definition) is 4. The molecule has 0 aliphatic carbocycles. The van der Waals surface area contributed by atoms with E-state index in [1.54, 1.807) is 10.6 Å². The number of rotatable bonds is 4. The minimum atomic E-state index is -0.0892. The van der Waals surface area contributed by atoms with Crippen LogP contribution >= 0.6 is 0 Å². The van der Waals surface area contributed by atoms with Gasteiger partial charge in [-0.3, -0.25) is 9.30 Å². The van der Waals surface area contributed by atoms with E-state index in [2.05, 4.69) is 34.3 Å². The lowest BCUT2D eigenvalue weighted by Crippen LogP contribution is -2.32. The van der Waals surface area contributed by atoms with Crippen LogP contribution in [0.5, 0.6) is 0 Å². The summed E-state index contributed by atoms with van der Waals surface area (Å²) in [5.41, 5.74) is 8.21. The molecular weight excluding hydrogens is 302 g/mol. The normalized spacial score (nSPS) is 21.5. The van der Waals surface area contributed by atoms with Gasteiger partial charge in [0.2, 0.25) is 0 Å². The van der Waals surface area contributed by atoms with E-state index in [-0.39, 0.29) is 11.7 Å². The van der Waals surface area contributed by atoms with E-state index in [1.165, 1.54) is 10.2 Å². The minimum Gasteiger partial charge on any atom is -0.326 e. The molecule has 3 heterocycles. The van der Waals surface area contributed by atoms with Gasteiger partial charge in [0.15, 0.2) is 5.65 Å². The summed E-state index contributed by atoms with van der Waals surface area (Å²) in [6.07, 6.45) is 1.75. The molecule has 1 aliphatic heterocycles. The zero-order valence-electron chi connectivity index (χ0n) is 13.5. The summed E-state index contributed by atoms with van der Waals surface area (Å²) in [4.78, 5) is 14.6. The van der Waals surface area contributed by atoms with E-state index in [1.807, 2.05) is 24.3 Å². The molecule has 0 unspecified atom stereocenters. The number of nitrogens with two attached hydrogens (primary N) is 1. The molecule has 0 amide bonds. The maximum atomic E-state index is 12.3. The quantitative estimate of drug-likeness (QED) is 0.775. The summed E-state index contributed by atoms with van der Waals surface area (Å²) in [6.45, 7) is 3.13. The van der Waals surface area contributed by atoms with Crippen LogP contribution in [-0.2, 0) is 6.54 Å². The molecule has 2 atom stereocenters. The predicted octanol–water partition coefficient (Wildman–Crippen LogP) is 0.923. The van der Waals surface area contributed by atoms with Crippen LogP contribution in [0.25, 0.3) is 5.65 Å². The van der Waals surface area contributed by atoms with Gasteiger partial charge in [-0.15, -0.1) is 5.10 Å². The highest BCUT2D eigenvalue weighted by Gasteiger charge is 2.30. The number of aromatic nitrogens is 3. The Hall–Kier alpha value is -2.44. The smallest absolute Gasteiger partial charge is 0.326 e. The van der Waals surface area contributed by atoms with Crippen LogP contribution in [0.3, 0.4) is 0 Å². The molecule has 1 fully saturated rings. The molecule has 6 nitrogen and oxygen atoms in total. The molecule has 124 valence electrons. The van der Waals surface area contributed by atoms with E-state index >= 15 is 0 Å². The zero-order valence-corrected chi connectivity index (χ0v) is 13.5. The maximum absolute atomic E-state index is 12.3. The Morgan fingerprint density at radius 1 is 1.04 bits per heavy atom. The molecule has 1 aliphatic rings. The van der Waals surface area contributed by atoms with Crippen molar-refractivity contribution in [3.8, 4) is 0 Å². The Morgan fingerprint density at radius 2 is 1.83 bits per heavy atom. The van der Waals surface area contributed by atoms with Crippen LogP contribution in [0.2, 0.25) is 0 Å². The van der Waals surface area contributed by atoms with Gasteiger partial charge < -0.3 is 5.73 Å². The monoisotopic (exact) mass is 323 g/mol. The van der Waals surface area contributed by atoms with Gasteiger partial charge >= 0.3 is 5.69 Å². The average Bonchev–Trinajstić information content (AvgIpc) is 3.14. The summed E-state index contributed by atoms with van der Waals surface area (Å²) >= 11 is 0. The molecule has 24 heavy (non-hydrogen) atoms. The number of pyridine rings is 1. The second kappa shape index (κ2) is 6.22. The van der Waals surface area contributed by atoms with Gasteiger partial charge in [0.05, 0.1) is 6.54 Å². The van der Waals surface area contributed by atoms with Crippen LogP contribution < -0.4 is 11.4 Å². The first kappa shape index (κ1) is 15.1. The fourth-order valence-corrected chi connectivity index (χ4v) is 3.50. The van der Waals surface area contributed by atoms with Crippen molar-refractivity contribution in [2.45, 2.75) is 18.5 Å². The van der Waals surface area contributed by atoms with Crippen molar-refractivity contribution >= 4 is 5.65 Å².